The van der Waals surface area contributed by atoms with E-state index in [1.54, 1.807) is 33.9 Å². The van der Waals surface area contributed by atoms with Gasteiger partial charge in [0.2, 0.25) is 5.91 Å². The summed E-state index contributed by atoms with van der Waals surface area (Å²) in [5.41, 5.74) is 6.70. The zero-order valence-corrected chi connectivity index (χ0v) is 21.2. The number of esters is 1. The zero-order valence-electron chi connectivity index (χ0n) is 21.2. The molecule has 2 aliphatic heterocycles. The number of phenols is 1. The highest BCUT2D eigenvalue weighted by Gasteiger charge is 2.66. The molecule has 4 aliphatic rings. The quantitative estimate of drug-likeness (QED) is 0.517. The maximum Gasteiger partial charge on any atom is 0.324 e. The first-order chi connectivity index (χ1) is 16.5. The van der Waals surface area contributed by atoms with Gasteiger partial charge in [-0.15, -0.1) is 0 Å². The number of carbonyl (C=O) groups is 2. The van der Waals surface area contributed by atoms with Crippen molar-refractivity contribution >= 4 is 11.9 Å². The van der Waals surface area contributed by atoms with Crippen LogP contribution in [0.2, 0.25) is 0 Å². The number of rotatable bonds is 6. The van der Waals surface area contributed by atoms with E-state index in [0.29, 0.717) is 23.5 Å². The van der Waals surface area contributed by atoms with Crippen molar-refractivity contribution in [3.63, 3.8) is 0 Å². The molecular weight excluding hydrogens is 450 g/mol. The van der Waals surface area contributed by atoms with Crippen LogP contribution in [0.3, 0.4) is 0 Å². The molecule has 0 radical (unpaired) electrons. The minimum atomic E-state index is -0.870. The normalized spacial score (nSPS) is 31.8. The fourth-order valence-electron chi connectivity index (χ4n) is 7.18. The number of amides is 1. The van der Waals surface area contributed by atoms with Crippen LogP contribution in [0, 0.1) is 5.92 Å². The summed E-state index contributed by atoms with van der Waals surface area (Å²) in [4.78, 5) is 27.3. The molecule has 1 spiro atoms. The molecule has 2 bridgehead atoms. The Kier molecular flexibility index (Phi) is 5.71. The number of phenolic OH excluding ortho intramolecular Hbond substituents is 1. The average Bonchev–Trinajstić information content (AvgIpc) is 3.11. The van der Waals surface area contributed by atoms with Crippen molar-refractivity contribution in [3.8, 4) is 17.2 Å². The highest BCUT2D eigenvalue weighted by atomic mass is 16.6. The molecule has 2 aliphatic carbocycles. The van der Waals surface area contributed by atoms with Crippen molar-refractivity contribution < 1.29 is 28.9 Å². The van der Waals surface area contributed by atoms with Crippen molar-refractivity contribution in [2.75, 3.05) is 20.7 Å². The van der Waals surface area contributed by atoms with Crippen LogP contribution in [-0.2, 0) is 26.2 Å². The second kappa shape index (κ2) is 8.27. The largest absolute Gasteiger partial charge is 0.504 e. The minimum absolute atomic E-state index is 0.0834. The van der Waals surface area contributed by atoms with Crippen molar-refractivity contribution in [1.29, 1.82) is 0 Å². The Morgan fingerprint density at radius 1 is 1.37 bits per heavy atom. The summed E-state index contributed by atoms with van der Waals surface area (Å²) in [6.45, 7) is 6.31. The summed E-state index contributed by atoms with van der Waals surface area (Å²) in [6, 6.07) is 0.915. The standard InChI is InChI=1S/C26H37N3O6/c1-25(2,3)35-24(32)16(11-20(27)31)28-15-7-6-14-17-10-13-19(33-5)12-18(30)22-21(13)26(14,23(15)34-22)8-9-29(17)4/h12,14-17,23,28,30H,6-11H2,1-5H3,(H2,27,31)/t14-,15+,16-,17+,23-,26-/m0/s1. The molecule has 1 aromatic rings. The highest BCUT2D eigenvalue weighted by Crippen LogP contribution is 2.65. The van der Waals surface area contributed by atoms with Gasteiger partial charge in [-0.3, -0.25) is 14.9 Å². The molecule has 9 heteroatoms. The van der Waals surface area contributed by atoms with Gasteiger partial charge in [0.05, 0.1) is 13.5 Å². The van der Waals surface area contributed by atoms with E-state index in [1.807, 2.05) is 0 Å². The van der Waals surface area contributed by atoms with Crippen LogP contribution in [0.4, 0.5) is 0 Å². The van der Waals surface area contributed by atoms with Gasteiger partial charge in [-0.2, -0.15) is 0 Å². The SMILES string of the molecule is COc1cc(O)c2c3c1C[C@@H]1[C@@H]4CC[C@@H](N[C@@H](CC(N)=O)C(=O)OC(C)(C)C)[C@H](O2)[C@]34CCN1C. The van der Waals surface area contributed by atoms with Crippen LogP contribution in [-0.4, -0.2) is 72.4 Å². The Morgan fingerprint density at radius 2 is 2.11 bits per heavy atom. The molecule has 2 fully saturated rings. The third-order valence-electron chi connectivity index (χ3n) is 8.41. The molecule has 0 aromatic heterocycles. The summed E-state index contributed by atoms with van der Waals surface area (Å²) in [5, 5.41) is 14.3. The number of nitrogens with two attached hydrogens (primary N) is 1. The monoisotopic (exact) mass is 487 g/mol. The van der Waals surface area contributed by atoms with Crippen LogP contribution < -0.4 is 20.5 Å². The minimum Gasteiger partial charge on any atom is -0.504 e. The molecule has 1 saturated carbocycles. The highest BCUT2D eigenvalue weighted by molar-refractivity contribution is 5.84. The fraction of sp³-hybridized carbons (Fsp3) is 0.692. The predicted molar refractivity (Wildman–Crippen MR) is 129 cm³/mol. The summed E-state index contributed by atoms with van der Waals surface area (Å²) >= 11 is 0. The third kappa shape index (κ3) is 3.74. The van der Waals surface area contributed by atoms with Crippen LogP contribution in [0.5, 0.6) is 17.2 Å². The van der Waals surface area contributed by atoms with Crippen LogP contribution in [0.15, 0.2) is 6.07 Å². The second-order valence-corrected chi connectivity index (χ2v) is 11.6. The molecule has 1 amide bonds. The third-order valence-corrected chi connectivity index (χ3v) is 8.41. The topological polar surface area (TPSA) is 123 Å². The van der Waals surface area contributed by atoms with Gasteiger partial charge in [-0.1, -0.05) is 0 Å². The molecule has 192 valence electrons. The smallest absolute Gasteiger partial charge is 0.324 e. The number of methoxy groups -OCH3 is 1. The lowest BCUT2D eigenvalue weighted by atomic mass is 9.51. The number of likely N-dealkylation sites (tertiary alicyclic amines) is 1. The maximum absolute atomic E-state index is 13.0. The van der Waals surface area contributed by atoms with Crippen molar-refractivity contribution in [1.82, 2.24) is 10.2 Å². The summed E-state index contributed by atoms with van der Waals surface area (Å²) in [5.74, 6) is 0.607. The lowest BCUT2D eigenvalue weighted by Crippen LogP contribution is -2.69. The van der Waals surface area contributed by atoms with Crippen LogP contribution in [0.25, 0.3) is 0 Å². The predicted octanol–water partition coefficient (Wildman–Crippen LogP) is 1.61. The Hall–Kier alpha value is -2.52. The van der Waals surface area contributed by atoms with Crippen molar-refractivity contribution in [3.05, 3.63) is 17.2 Å². The van der Waals surface area contributed by atoms with Gasteiger partial charge < -0.3 is 30.0 Å². The lowest BCUT2D eigenvalue weighted by Gasteiger charge is -2.59. The average molecular weight is 488 g/mol. The number of carbonyl (C=O) groups excluding carboxylic acids is 2. The van der Waals surface area contributed by atoms with Gasteiger partial charge in [0.1, 0.15) is 23.5 Å². The molecule has 6 atom stereocenters. The number of hydrogen-bond acceptors (Lipinski definition) is 8. The summed E-state index contributed by atoms with van der Waals surface area (Å²) in [7, 11) is 3.81. The van der Waals surface area contributed by atoms with Gasteiger partial charge in [0.15, 0.2) is 11.5 Å². The number of hydrogen-bond donors (Lipinski definition) is 3. The second-order valence-electron chi connectivity index (χ2n) is 11.6. The molecule has 4 N–H and O–H groups in total. The molecule has 0 unspecified atom stereocenters. The maximum atomic E-state index is 13.0. The number of likely N-dealkylation sites (N-methyl/N-ethyl adjacent to an activating group) is 1. The zero-order chi connectivity index (χ0) is 25.3. The van der Waals surface area contributed by atoms with Crippen molar-refractivity contribution in [2.45, 2.75) is 88.1 Å². The first-order valence-electron chi connectivity index (χ1n) is 12.5. The summed E-state index contributed by atoms with van der Waals surface area (Å²) in [6.07, 6.45) is 3.01. The Morgan fingerprint density at radius 3 is 2.77 bits per heavy atom. The number of nitrogens with one attached hydrogen (secondary N) is 1. The fourth-order valence-corrected chi connectivity index (χ4v) is 7.18. The van der Waals surface area contributed by atoms with E-state index in [-0.39, 0.29) is 29.7 Å². The van der Waals surface area contributed by atoms with E-state index in [0.717, 1.165) is 43.4 Å². The Balaban J connectivity index is 1.54. The van der Waals surface area contributed by atoms with Gasteiger partial charge in [0, 0.05) is 34.7 Å². The Labute approximate surface area is 206 Å². The first-order valence-corrected chi connectivity index (χ1v) is 12.5. The summed E-state index contributed by atoms with van der Waals surface area (Å²) < 4.78 is 17.9. The molecule has 35 heavy (non-hydrogen) atoms. The number of aromatic hydroxyl groups is 1. The van der Waals surface area contributed by atoms with E-state index >= 15 is 0 Å². The lowest BCUT2D eigenvalue weighted by molar-refractivity contribution is -0.159. The van der Waals surface area contributed by atoms with E-state index in [1.165, 1.54) is 0 Å². The van der Waals surface area contributed by atoms with E-state index in [2.05, 4.69) is 17.3 Å². The van der Waals surface area contributed by atoms with Crippen molar-refractivity contribution in [2.24, 2.45) is 11.7 Å². The molecule has 1 saturated heterocycles. The number of benzene rings is 1. The number of ether oxygens (including phenoxy) is 3. The van der Waals surface area contributed by atoms with E-state index in [9.17, 15) is 14.7 Å². The number of nitrogens with zero attached hydrogens (tertiary/aromatic N) is 1. The number of piperidine rings is 1. The van der Waals surface area contributed by atoms with Crippen LogP contribution >= 0.6 is 0 Å². The molecular formula is C26H37N3O6. The van der Waals surface area contributed by atoms with Gasteiger partial charge >= 0.3 is 5.97 Å². The molecule has 5 rings (SSSR count). The molecule has 2 heterocycles. The van der Waals surface area contributed by atoms with Gasteiger partial charge in [0.25, 0.3) is 0 Å². The first kappa shape index (κ1) is 24.2. The van der Waals surface area contributed by atoms with E-state index < -0.39 is 23.5 Å². The van der Waals surface area contributed by atoms with E-state index in [4.69, 9.17) is 19.9 Å². The van der Waals surface area contributed by atoms with Crippen LogP contribution in [0.1, 0.15) is 57.6 Å². The number of primary amides is 1. The van der Waals surface area contributed by atoms with Gasteiger partial charge in [-0.25, -0.2) is 0 Å². The molecule has 1 aromatic carbocycles. The van der Waals surface area contributed by atoms with Gasteiger partial charge in [-0.05, 0) is 66.0 Å². The Bertz CT molecular complexity index is 1050. The molecule has 9 nitrogen and oxygen atoms in total.